The molecule has 152 valence electrons. The number of amides is 1. The van der Waals surface area contributed by atoms with Gasteiger partial charge in [0.05, 0.1) is 17.2 Å². The smallest absolute Gasteiger partial charge is 0.328 e. The van der Waals surface area contributed by atoms with Gasteiger partial charge in [-0.1, -0.05) is 41.4 Å². The van der Waals surface area contributed by atoms with Crippen molar-refractivity contribution in [2.75, 3.05) is 12.4 Å². The van der Waals surface area contributed by atoms with E-state index in [1.807, 2.05) is 30.5 Å². The molecule has 2 aromatic carbocycles. The van der Waals surface area contributed by atoms with Gasteiger partial charge in [-0.25, -0.2) is 4.79 Å². The first-order valence-corrected chi connectivity index (χ1v) is 9.79. The third-order valence-electron chi connectivity index (χ3n) is 4.60. The van der Waals surface area contributed by atoms with Crippen molar-refractivity contribution in [3.8, 4) is 0 Å². The van der Waals surface area contributed by atoms with E-state index in [1.165, 1.54) is 7.11 Å². The minimum absolute atomic E-state index is 0.307. The van der Waals surface area contributed by atoms with Crippen molar-refractivity contribution in [3.63, 3.8) is 0 Å². The number of aromatic amines is 1. The van der Waals surface area contributed by atoms with E-state index < -0.39 is 18.1 Å². The maximum Gasteiger partial charge on any atom is 0.328 e. The van der Waals surface area contributed by atoms with Gasteiger partial charge in [-0.05, 0) is 36.8 Å². The van der Waals surface area contributed by atoms with E-state index in [1.54, 1.807) is 25.1 Å². The van der Waals surface area contributed by atoms with Crippen LogP contribution in [0.3, 0.4) is 0 Å². The molecule has 1 heterocycles. The van der Waals surface area contributed by atoms with Crippen molar-refractivity contribution in [2.45, 2.75) is 25.4 Å². The molecule has 0 radical (unpaired) electrons. The van der Waals surface area contributed by atoms with Gasteiger partial charge >= 0.3 is 5.97 Å². The molecule has 0 fully saturated rings. The summed E-state index contributed by atoms with van der Waals surface area (Å²) in [5, 5.41) is 7.63. The van der Waals surface area contributed by atoms with Gasteiger partial charge in [-0.2, -0.15) is 0 Å². The summed E-state index contributed by atoms with van der Waals surface area (Å²) in [6.45, 7) is 1.69. The van der Waals surface area contributed by atoms with Crippen LogP contribution < -0.4 is 10.6 Å². The number of ether oxygens (including phenoxy) is 1. The minimum atomic E-state index is -0.815. The second-order valence-electron chi connectivity index (χ2n) is 6.64. The third-order valence-corrected chi connectivity index (χ3v) is 5.34. The van der Waals surface area contributed by atoms with E-state index in [2.05, 4.69) is 15.6 Å². The number of hydrogen-bond acceptors (Lipinski definition) is 4. The SMILES string of the molecule is COC(=O)[C@H](Cc1c[nH]c2ccccc12)NC(=O)C(C)Nc1ccc(Cl)c(Cl)c1. The largest absolute Gasteiger partial charge is 0.467 e. The molecule has 2 atom stereocenters. The van der Waals surface area contributed by atoms with Crippen molar-refractivity contribution < 1.29 is 14.3 Å². The molecule has 3 aromatic rings. The lowest BCUT2D eigenvalue weighted by molar-refractivity contribution is -0.145. The van der Waals surface area contributed by atoms with Crippen LogP contribution in [0.15, 0.2) is 48.7 Å². The molecule has 0 aliphatic rings. The molecule has 0 bridgehead atoms. The maximum atomic E-state index is 12.7. The van der Waals surface area contributed by atoms with Gasteiger partial charge in [0, 0.05) is 29.2 Å². The number of benzene rings is 2. The molecule has 1 amide bonds. The Morgan fingerprint density at radius 2 is 1.90 bits per heavy atom. The fourth-order valence-corrected chi connectivity index (χ4v) is 3.35. The van der Waals surface area contributed by atoms with Gasteiger partial charge in [0.2, 0.25) is 5.91 Å². The van der Waals surface area contributed by atoms with Crippen LogP contribution in [0.2, 0.25) is 10.0 Å². The molecule has 0 spiro atoms. The molecule has 8 heteroatoms. The van der Waals surface area contributed by atoms with Gasteiger partial charge in [0.15, 0.2) is 0 Å². The lowest BCUT2D eigenvalue weighted by atomic mass is 10.0. The topological polar surface area (TPSA) is 83.2 Å². The highest BCUT2D eigenvalue weighted by molar-refractivity contribution is 6.42. The van der Waals surface area contributed by atoms with Crippen molar-refractivity contribution in [2.24, 2.45) is 0 Å². The van der Waals surface area contributed by atoms with Gasteiger partial charge in [-0.3, -0.25) is 4.79 Å². The summed E-state index contributed by atoms with van der Waals surface area (Å²) in [7, 11) is 1.30. The number of hydrogen-bond donors (Lipinski definition) is 3. The molecule has 6 nitrogen and oxygen atoms in total. The quantitative estimate of drug-likeness (QED) is 0.488. The lowest BCUT2D eigenvalue weighted by Gasteiger charge is -2.20. The predicted molar refractivity (Wildman–Crippen MR) is 115 cm³/mol. The number of methoxy groups -OCH3 is 1. The van der Waals surface area contributed by atoms with E-state index in [4.69, 9.17) is 27.9 Å². The molecule has 1 unspecified atom stereocenters. The minimum Gasteiger partial charge on any atom is -0.467 e. The Bertz CT molecular complexity index is 1030. The molecule has 29 heavy (non-hydrogen) atoms. The van der Waals surface area contributed by atoms with E-state index >= 15 is 0 Å². The van der Waals surface area contributed by atoms with E-state index in [9.17, 15) is 9.59 Å². The standard InChI is InChI=1S/C21H21Cl2N3O3/c1-12(25-14-7-8-16(22)17(23)10-14)20(27)26-19(21(28)29-2)9-13-11-24-18-6-4-3-5-15(13)18/h3-8,10-12,19,24-25H,9H2,1-2H3,(H,26,27)/t12?,19-/m0/s1. The van der Waals surface area contributed by atoms with Gasteiger partial charge in [-0.15, -0.1) is 0 Å². The number of fused-ring (bicyclic) bond motifs is 1. The Kier molecular flexibility index (Phi) is 6.67. The zero-order valence-corrected chi connectivity index (χ0v) is 17.5. The summed E-state index contributed by atoms with van der Waals surface area (Å²) in [5.41, 5.74) is 2.53. The second-order valence-corrected chi connectivity index (χ2v) is 7.46. The number of aromatic nitrogens is 1. The first kappa shape index (κ1) is 21.0. The third kappa shape index (κ3) is 5.02. The van der Waals surface area contributed by atoms with Crippen LogP contribution >= 0.6 is 23.2 Å². The molecule has 3 N–H and O–H groups in total. The highest BCUT2D eigenvalue weighted by atomic mass is 35.5. The van der Waals surface area contributed by atoms with Crippen LogP contribution in [0.5, 0.6) is 0 Å². The second kappa shape index (κ2) is 9.20. The van der Waals surface area contributed by atoms with Gasteiger partial charge in [0.1, 0.15) is 12.1 Å². The monoisotopic (exact) mass is 433 g/mol. The first-order chi connectivity index (χ1) is 13.9. The maximum absolute atomic E-state index is 12.7. The first-order valence-electron chi connectivity index (χ1n) is 9.04. The number of H-pyrrole nitrogens is 1. The number of esters is 1. The van der Waals surface area contributed by atoms with Crippen molar-refractivity contribution in [3.05, 3.63) is 64.3 Å². The number of nitrogens with one attached hydrogen (secondary N) is 3. The fourth-order valence-electron chi connectivity index (χ4n) is 3.05. The fraction of sp³-hybridized carbons (Fsp3) is 0.238. The molecule has 0 aliphatic heterocycles. The number of rotatable bonds is 7. The molecule has 0 saturated heterocycles. The Hall–Kier alpha value is -2.70. The Labute approximate surface area is 178 Å². The average Bonchev–Trinajstić information content (AvgIpc) is 3.12. The normalized spacial score (nSPS) is 13.0. The van der Waals surface area contributed by atoms with Crippen LogP contribution in [0, 0.1) is 0 Å². The lowest BCUT2D eigenvalue weighted by Crippen LogP contribution is -2.48. The number of carbonyl (C=O) groups is 2. The molecular formula is C21H21Cl2N3O3. The van der Waals surface area contributed by atoms with Crippen LogP contribution in [0.25, 0.3) is 10.9 Å². The molecule has 3 rings (SSSR count). The number of carbonyl (C=O) groups excluding carboxylic acids is 2. The highest BCUT2D eigenvalue weighted by Gasteiger charge is 2.25. The van der Waals surface area contributed by atoms with Crippen molar-refractivity contribution in [1.29, 1.82) is 0 Å². The van der Waals surface area contributed by atoms with E-state index in [-0.39, 0.29) is 5.91 Å². The molecule has 1 aromatic heterocycles. The summed E-state index contributed by atoms with van der Waals surface area (Å²) in [4.78, 5) is 28.1. The van der Waals surface area contributed by atoms with Crippen LogP contribution in [-0.2, 0) is 20.7 Å². The van der Waals surface area contributed by atoms with Gasteiger partial charge < -0.3 is 20.4 Å². The molecule has 0 aliphatic carbocycles. The molecular weight excluding hydrogens is 413 g/mol. The van der Waals surface area contributed by atoms with Crippen molar-refractivity contribution in [1.82, 2.24) is 10.3 Å². The number of halogens is 2. The van der Waals surface area contributed by atoms with Crippen LogP contribution in [0.4, 0.5) is 5.69 Å². The highest BCUT2D eigenvalue weighted by Crippen LogP contribution is 2.25. The van der Waals surface area contributed by atoms with E-state index in [0.29, 0.717) is 22.2 Å². The zero-order valence-electron chi connectivity index (χ0n) is 16.0. The van der Waals surface area contributed by atoms with Crippen LogP contribution in [0.1, 0.15) is 12.5 Å². The number of para-hydroxylation sites is 1. The van der Waals surface area contributed by atoms with Crippen molar-refractivity contribution >= 4 is 51.7 Å². The zero-order chi connectivity index (χ0) is 21.0. The Morgan fingerprint density at radius 3 is 2.62 bits per heavy atom. The van der Waals surface area contributed by atoms with E-state index in [0.717, 1.165) is 16.5 Å². The Morgan fingerprint density at radius 1 is 1.14 bits per heavy atom. The van der Waals surface area contributed by atoms with Gasteiger partial charge in [0.25, 0.3) is 0 Å². The number of anilines is 1. The summed E-state index contributed by atoms with van der Waals surface area (Å²) >= 11 is 11.9. The molecule has 0 saturated carbocycles. The average molecular weight is 434 g/mol. The summed E-state index contributed by atoms with van der Waals surface area (Å²) in [6.07, 6.45) is 2.14. The summed E-state index contributed by atoms with van der Waals surface area (Å²) in [5.74, 6) is -0.850. The summed E-state index contributed by atoms with van der Waals surface area (Å²) in [6, 6.07) is 11.4. The summed E-state index contributed by atoms with van der Waals surface area (Å²) < 4.78 is 4.88. The predicted octanol–water partition coefficient (Wildman–Crippen LogP) is 4.18. The van der Waals surface area contributed by atoms with Crippen LogP contribution in [-0.4, -0.2) is 36.1 Å². The Balaban J connectivity index is 1.71.